The van der Waals surface area contributed by atoms with Crippen LogP contribution in [0.5, 0.6) is 11.8 Å². The lowest BCUT2D eigenvalue weighted by atomic mass is 10.1. The first-order valence-electron chi connectivity index (χ1n) is 6.84. The number of hydrogen-bond donors (Lipinski definition) is 0. The highest BCUT2D eigenvalue weighted by Gasteiger charge is 2.05. The van der Waals surface area contributed by atoms with Gasteiger partial charge in [-0.1, -0.05) is 11.3 Å². The van der Waals surface area contributed by atoms with Crippen molar-refractivity contribution in [1.29, 1.82) is 0 Å². The Morgan fingerprint density at radius 3 is 2.65 bits per heavy atom. The van der Waals surface area contributed by atoms with Gasteiger partial charge in [-0.05, 0) is 29.8 Å². The highest BCUT2D eigenvalue weighted by atomic mass is 19.1. The normalized spacial score (nSPS) is 10.8. The van der Waals surface area contributed by atoms with E-state index in [0.717, 1.165) is 16.6 Å². The maximum Gasteiger partial charge on any atom is 0.321 e. The zero-order chi connectivity index (χ0) is 15.6. The van der Waals surface area contributed by atoms with Crippen LogP contribution in [0.2, 0.25) is 0 Å². The molecule has 0 amide bonds. The summed E-state index contributed by atoms with van der Waals surface area (Å²) in [6.07, 6.45) is 6.79. The first-order valence-corrected chi connectivity index (χ1v) is 6.84. The van der Waals surface area contributed by atoms with E-state index in [4.69, 9.17) is 4.74 Å². The van der Waals surface area contributed by atoms with Crippen LogP contribution in [-0.4, -0.2) is 24.8 Å². The molecule has 1 aromatic carbocycles. The Bertz CT molecular complexity index is 968. The van der Waals surface area contributed by atoms with E-state index in [0.29, 0.717) is 5.75 Å². The molecule has 0 spiro atoms. The largest absolute Gasteiger partial charge is 0.424 e. The maximum atomic E-state index is 13.1. The summed E-state index contributed by atoms with van der Waals surface area (Å²) in [7, 11) is 0. The molecular formula is C16H10FN5O. The van der Waals surface area contributed by atoms with Crippen molar-refractivity contribution < 1.29 is 9.13 Å². The minimum Gasteiger partial charge on any atom is -0.424 e. The molecule has 3 aromatic heterocycles. The Kier molecular flexibility index (Phi) is 3.16. The van der Waals surface area contributed by atoms with Crippen molar-refractivity contribution in [2.75, 3.05) is 0 Å². The number of pyridine rings is 1. The van der Waals surface area contributed by atoms with Crippen LogP contribution >= 0.6 is 0 Å². The molecule has 112 valence electrons. The van der Waals surface area contributed by atoms with Crippen LogP contribution in [0.1, 0.15) is 0 Å². The molecule has 6 nitrogen and oxygen atoms in total. The summed E-state index contributed by atoms with van der Waals surface area (Å²) in [6, 6.07) is 9.82. The predicted octanol–water partition coefficient (Wildman–Crippen LogP) is 3.12. The lowest BCUT2D eigenvalue weighted by molar-refractivity contribution is 0.438. The third kappa shape index (κ3) is 2.71. The van der Waals surface area contributed by atoms with Gasteiger partial charge in [-0.15, -0.1) is 5.10 Å². The van der Waals surface area contributed by atoms with Gasteiger partial charge in [0.2, 0.25) is 0 Å². The van der Waals surface area contributed by atoms with Gasteiger partial charge in [0.05, 0.1) is 11.7 Å². The lowest BCUT2D eigenvalue weighted by Gasteiger charge is -2.05. The molecule has 0 saturated heterocycles. The van der Waals surface area contributed by atoms with Crippen LogP contribution in [0.3, 0.4) is 0 Å². The average molecular weight is 307 g/mol. The monoisotopic (exact) mass is 307 g/mol. The van der Waals surface area contributed by atoms with Crippen LogP contribution in [0.15, 0.2) is 61.2 Å². The molecular weight excluding hydrogens is 297 g/mol. The molecule has 0 aliphatic carbocycles. The van der Waals surface area contributed by atoms with E-state index in [-0.39, 0.29) is 11.8 Å². The van der Waals surface area contributed by atoms with E-state index >= 15 is 0 Å². The first kappa shape index (κ1) is 13.3. The van der Waals surface area contributed by atoms with Crippen LogP contribution < -0.4 is 4.74 Å². The highest BCUT2D eigenvalue weighted by molar-refractivity contribution is 5.66. The standard InChI is InChI=1S/C16H10FN5O/c17-13-2-1-3-15(7-13)23-16-18-8-12(9-19-16)11-4-5-22-14(6-11)10-20-21-22/h1-10H. The first-order chi connectivity index (χ1) is 11.3. The smallest absolute Gasteiger partial charge is 0.321 e. The predicted molar refractivity (Wildman–Crippen MR) is 80.5 cm³/mol. The summed E-state index contributed by atoms with van der Waals surface area (Å²) in [5.41, 5.74) is 2.65. The summed E-state index contributed by atoms with van der Waals surface area (Å²) in [4.78, 5) is 8.31. The third-order valence-electron chi connectivity index (χ3n) is 3.27. The van der Waals surface area contributed by atoms with Crippen LogP contribution in [0, 0.1) is 5.82 Å². The topological polar surface area (TPSA) is 65.2 Å². The van der Waals surface area contributed by atoms with Gasteiger partial charge < -0.3 is 4.74 Å². The van der Waals surface area contributed by atoms with E-state index in [1.165, 1.54) is 12.1 Å². The summed E-state index contributed by atoms with van der Waals surface area (Å²) in [5.74, 6) is -0.0219. The third-order valence-corrected chi connectivity index (χ3v) is 3.27. The number of rotatable bonds is 3. The Hall–Kier alpha value is -3.35. The second kappa shape index (κ2) is 5.45. The molecule has 0 saturated carbocycles. The SMILES string of the molecule is Fc1cccc(Oc2ncc(-c3ccn4nncc4c3)cn2)c1. The molecule has 0 atom stereocenters. The van der Waals surface area contributed by atoms with Crippen molar-refractivity contribution in [3.63, 3.8) is 0 Å². The number of hydrogen-bond acceptors (Lipinski definition) is 5. The number of ether oxygens (including phenoxy) is 1. The van der Waals surface area contributed by atoms with Gasteiger partial charge in [0, 0.05) is 30.2 Å². The summed E-state index contributed by atoms with van der Waals surface area (Å²) >= 11 is 0. The van der Waals surface area contributed by atoms with E-state index < -0.39 is 0 Å². The number of aromatic nitrogens is 5. The van der Waals surface area contributed by atoms with E-state index in [9.17, 15) is 4.39 Å². The van der Waals surface area contributed by atoms with Crippen LogP contribution in [0.4, 0.5) is 4.39 Å². The minimum absolute atomic E-state index is 0.159. The minimum atomic E-state index is -0.373. The van der Waals surface area contributed by atoms with Crippen molar-refractivity contribution in [3.05, 3.63) is 67.0 Å². The van der Waals surface area contributed by atoms with Gasteiger partial charge in [0.15, 0.2) is 0 Å². The molecule has 0 aliphatic rings. The molecule has 0 N–H and O–H groups in total. The van der Waals surface area contributed by atoms with Crippen molar-refractivity contribution in [3.8, 4) is 22.9 Å². The number of halogens is 1. The Balaban J connectivity index is 1.59. The Labute approximate surface area is 130 Å². The molecule has 0 radical (unpaired) electrons. The molecule has 7 heteroatoms. The summed E-state index contributed by atoms with van der Waals surface area (Å²) < 4.78 is 20.2. The number of benzene rings is 1. The fraction of sp³-hybridized carbons (Fsp3) is 0. The van der Waals surface area contributed by atoms with Crippen molar-refractivity contribution in [2.24, 2.45) is 0 Å². The molecule has 23 heavy (non-hydrogen) atoms. The molecule has 0 fully saturated rings. The number of fused-ring (bicyclic) bond motifs is 1. The summed E-state index contributed by atoms with van der Waals surface area (Å²) in [6.45, 7) is 0. The van der Waals surface area contributed by atoms with Crippen molar-refractivity contribution in [2.45, 2.75) is 0 Å². The quantitative estimate of drug-likeness (QED) is 0.582. The fourth-order valence-corrected chi connectivity index (χ4v) is 2.16. The molecule has 3 heterocycles. The second-order valence-corrected chi connectivity index (χ2v) is 4.83. The van der Waals surface area contributed by atoms with E-state index in [1.54, 1.807) is 35.2 Å². The lowest BCUT2D eigenvalue weighted by Crippen LogP contribution is -1.93. The van der Waals surface area contributed by atoms with Gasteiger partial charge in [-0.25, -0.2) is 18.9 Å². The van der Waals surface area contributed by atoms with Gasteiger partial charge in [0.1, 0.15) is 11.6 Å². The second-order valence-electron chi connectivity index (χ2n) is 4.83. The van der Waals surface area contributed by atoms with E-state index in [1.807, 2.05) is 18.3 Å². The zero-order valence-corrected chi connectivity index (χ0v) is 11.8. The number of nitrogens with zero attached hydrogens (tertiary/aromatic N) is 5. The van der Waals surface area contributed by atoms with Gasteiger partial charge in [-0.2, -0.15) is 0 Å². The van der Waals surface area contributed by atoms with Crippen molar-refractivity contribution >= 4 is 5.52 Å². The Morgan fingerprint density at radius 1 is 0.957 bits per heavy atom. The zero-order valence-electron chi connectivity index (χ0n) is 11.8. The molecule has 4 rings (SSSR count). The van der Waals surface area contributed by atoms with Gasteiger partial charge in [-0.3, -0.25) is 0 Å². The van der Waals surface area contributed by atoms with Crippen molar-refractivity contribution in [1.82, 2.24) is 24.8 Å². The highest BCUT2D eigenvalue weighted by Crippen LogP contribution is 2.22. The maximum absolute atomic E-state index is 13.1. The average Bonchev–Trinajstić information content (AvgIpc) is 3.03. The van der Waals surface area contributed by atoms with Gasteiger partial charge in [0.25, 0.3) is 0 Å². The fourth-order valence-electron chi connectivity index (χ4n) is 2.16. The summed E-state index contributed by atoms with van der Waals surface area (Å²) in [5, 5.41) is 7.74. The van der Waals surface area contributed by atoms with Crippen LogP contribution in [-0.2, 0) is 0 Å². The molecule has 4 aromatic rings. The molecule has 0 aliphatic heterocycles. The molecule has 0 bridgehead atoms. The van der Waals surface area contributed by atoms with E-state index in [2.05, 4.69) is 20.3 Å². The van der Waals surface area contributed by atoms with Crippen LogP contribution in [0.25, 0.3) is 16.6 Å². The van der Waals surface area contributed by atoms with Gasteiger partial charge >= 0.3 is 6.01 Å². The Morgan fingerprint density at radius 2 is 1.83 bits per heavy atom. The molecule has 0 unspecified atom stereocenters.